The monoisotopic (exact) mass is 381 g/mol. The predicted molar refractivity (Wildman–Crippen MR) is 122 cm³/mol. The number of amidine groups is 1. The van der Waals surface area contributed by atoms with Crippen molar-refractivity contribution in [3.63, 3.8) is 0 Å². The van der Waals surface area contributed by atoms with Crippen LogP contribution in [0.1, 0.15) is 29.5 Å². The van der Waals surface area contributed by atoms with E-state index in [9.17, 15) is 0 Å². The number of benzene rings is 2. The third kappa shape index (κ3) is 4.94. The molecule has 2 aliphatic rings. The standard InChI is InChI=1S/C26H27N3/c27-26(23-15-8-14-22(19-23)24-17-18-28-24)29-25(21-12-5-2-6-13-21)16-7-11-20-9-3-1-4-10-20/h1,3-5,7-10,12-17,19,25,28H,2,6,11,18H2,(H2,27,29)/b16-7-. The summed E-state index contributed by atoms with van der Waals surface area (Å²) in [7, 11) is 0. The number of nitrogens with one attached hydrogen (secondary N) is 3. The van der Waals surface area contributed by atoms with Gasteiger partial charge in [0.2, 0.25) is 0 Å². The molecule has 146 valence electrons. The van der Waals surface area contributed by atoms with E-state index in [1.54, 1.807) is 0 Å². The fraction of sp³-hybridized carbons (Fsp3) is 0.192. The van der Waals surface area contributed by atoms with Gasteiger partial charge in [-0.15, -0.1) is 0 Å². The van der Waals surface area contributed by atoms with Crippen molar-refractivity contribution in [2.75, 3.05) is 6.54 Å². The van der Waals surface area contributed by atoms with E-state index in [1.807, 2.05) is 18.2 Å². The van der Waals surface area contributed by atoms with Crippen LogP contribution in [0.3, 0.4) is 0 Å². The Morgan fingerprint density at radius 2 is 1.93 bits per heavy atom. The van der Waals surface area contributed by atoms with Crippen molar-refractivity contribution in [1.82, 2.24) is 10.6 Å². The molecular formula is C26H27N3. The summed E-state index contributed by atoms with van der Waals surface area (Å²) < 4.78 is 0. The first-order valence-electron chi connectivity index (χ1n) is 10.3. The van der Waals surface area contributed by atoms with Crippen molar-refractivity contribution in [2.45, 2.75) is 25.3 Å². The molecule has 0 saturated carbocycles. The lowest BCUT2D eigenvalue weighted by atomic mass is 9.98. The van der Waals surface area contributed by atoms with Gasteiger partial charge in [-0.2, -0.15) is 0 Å². The molecule has 0 bridgehead atoms. The molecule has 2 aromatic carbocycles. The molecular weight excluding hydrogens is 354 g/mol. The van der Waals surface area contributed by atoms with Gasteiger partial charge in [-0.3, -0.25) is 5.41 Å². The van der Waals surface area contributed by atoms with E-state index >= 15 is 0 Å². The number of hydrogen-bond acceptors (Lipinski definition) is 2. The van der Waals surface area contributed by atoms with E-state index in [4.69, 9.17) is 5.41 Å². The minimum absolute atomic E-state index is 0.00698. The average molecular weight is 382 g/mol. The molecule has 1 atom stereocenters. The molecule has 2 aromatic rings. The molecule has 0 aromatic heterocycles. The van der Waals surface area contributed by atoms with Gasteiger partial charge in [0, 0.05) is 17.8 Å². The molecule has 1 aliphatic carbocycles. The summed E-state index contributed by atoms with van der Waals surface area (Å²) in [6.45, 7) is 0.921. The molecule has 3 heteroatoms. The summed E-state index contributed by atoms with van der Waals surface area (Å²) in [5.74, 6) is 0.445. The number of allylic oxidation sites excluding steroid dienone is 3. The zero-order chi connectivity index (χ0) is 19.9. The van der Waals surface area contributed by atoms with Gasteiger partial charge < -0.3 is 10.6 Å². The van der Waals surface area contributed by atoms with Gasteiger partial charge in [0.15, 0.2) is 0 Å². The highest BCUT2D eigenvalue weighted by Crippen LogP contribution is 2.19. The average Bonchev–Trinajstić information content (AvgIpc) is 2.73. The zero-order valence-electron chi connectivity index (χ0n) is 16.6. The normalized spacial score (nSPS) is 16.4. The Balaban J connectivity index is 1.49. The maximum Gasteiger partial charge on any atom is 0.126 e. The van der Waals surface area contributed by atoms with Crippen LogP contribution in [-0.4, -0.2) is 18.4 Å². The van der Waals surface area contributed by atoms with Gasteiger partial charge >= 0.3 is 0 Å². The molecule has 1 heterocycles. The minimum atomic E-state index is -0.00698. The molecule has 0 radical (unpaired) electrons. The largest absolute Gasteiger partial charge is 0.381 e. The van der Waals surface area contributed by atoms with E-state index in [2.05, 4.69) is 83.5 Å². The van der Waals surface area contributed by atoms with Crippen LogP contribution in [0.5, 0.6) is 0 Å². The Bertz CT molecular complexity index is 980. The molecule has 0 spiro atoms. The van der Waals surface area contributed by atoms with E-state index in [0.717, 1.165) is 42.6 Å². The molecule has 0 amide bonds. The highest BCUT2D eigenvalue weighted by molar-refractivity contribution is 5.97. The Labute approximate surface area is 173 Å². The van der Waals surface area contributed by atoms with Crippen LogP contribution >= 0.6 is 0 Å². The lowest BCUT2D eigenvalue weighted by Crippen LogP contribution is -2.35. The topological polar surface area (TPSA) is 47.9 Å². The van der Waals surface area contributed by atoms with E-state index in [0.29, 0.717) is 5.84 Å². The first kappa shape index (κ1) is 19.0. The first-order chi connectivity index (χ1) is 14.3. The van der Waals surface area contributed by atoms with Crippen LogP contribution < -0.4 is 10.6 Å². The Morgan fingerprint density at radius 1 is 1.07 bits per heavy atom. The highest BCUT2D eigenvalue weighted by atomic mass is 15.0. The summed E-state index contributed by atoms with van der Waals surface area (Å²) in [5.41, 5.74) is 5.70. The second kappa shape index (κ2) is 9.24. The number of rotatable bonds is 7. The van der Waals surface area contributed by atoms with Gasteiger partial charge in [0.1, 0.15) is 5.84 Å². The second-order valence-electron chi connectivity index (χ2n) is 7.38. The minimum Gasteiger partial charge on any atom is -0.381 e. The molecule has 0 fully saturated rings. The third-order valence-electron chi connectivity index (χ3n) is 5.27. The Morgan fingerprint density at radius 3 is 2.66 bits per heavy atom. The van der Waals surface area contributed by atoms with Crippen molar-refractivity contribution in [3.05, 3.63) is 113 Å². The molecule has 1 aliphatic heterocycles. The van der Waals surface area contributed by atoms with E-state index in [1.165, 1.54) is 11.1 Å². The summed E-state index contributed by atoms with van der Waals surface area (Å²) in [5, 5.41) is 15.4. The van der Waals surface area contributed by atoms with Gasteiger partial charge in [-0.05, 0) is 48.1 Å². The molecule has 29 heavy (non-hydrogen) atoms. The Hall–Kier alpha value is -3.33. The fourth-order valence-electron chi connectivity index (χ4n) is 3.57. The fourth-order valence-corrected chi connectivity index (χ4v) is 3.57. The van der Waals surface area contributed by atoms with Crippen molar-refractivity contribution < 1.29 is 0 Å². The lowest BCUT2D eigenvalue weighted by Gasteiger charge is -2.22. The van der Waals surface area contributed by atoms with Crippen molar-refractivity contribution in [1.29, 1.82) is 5.41 Å². The lowest BCUT2D eigenvalue weighted by molar-refractivity contribution is 0.822. The summed E-state index contributed by atoms with van der Waals surface area (Å²) in [4.78, 5) is 0. The van der Waals surface area contributed by atoms with Gasteiger partial charge in [-0.25, -0.2) is 0 Å². The highest BCUT2D eigenvalue weighted by Gasteiger charge is 2.14. The maximum absolute atomic E-state index is 8.65. The summed E-state index contributed by atoms with van der Waals surface area (Å²) in [6, 6.07) is 18.6. The maximum atomic E-state index is 8.65. The second-order valence-corrected chi connectivity index (χ2v) is 7.38. The van der Waals surface area contributed by atoms with Gasteiger partial charge in [0.05, 0.1) is 6.04 Å². The van der Waals surface area contributed by atoms with Crippen LogP contribution in [0.25, 0.3) is 5.70 Å². The first-order valence-corrected chi connectivity index (χ1v) is 10.3. The summed E-state index contributed by atoms with van der Waals surface area (Å²) in [6.07, 6.45) is 16.3. The molecule has 1 unspecified atom stereocenters. The zero-order valence-corrected chi connectivity index (χ0v) is 16.6. The molecule has 4 rings (SSSR count). The van der Waals surface area contributed by atoms with E-state index < -0.39 is 0 Å². The SMILES string of the molecule is N=C(NC(/C=C\Cc1ccccc1)C1=CCCC=C1)c1cccc(C2=CCN2)c1. The predicted octanol–water partition coefficient (Wildman–Crippen LogP) is 4.99. The van der Waals surface area contributed by atoms with Crippen molar-refractivity contribution >= 4 is 11.5 Å². The number of hydrogen-bond donors (Lipinski definition) is 3. The van der Waals surface area contributed by atoms with Crippen LogP contribution in [0.2, 0.25) is 0 Å². The molecule has 3 N–H and O–H groups in total. The van der Waals surface area contributed by atoms with E-state index in [-0.39, 0.29) is 6.04 Å². The van der Waals surface area contributed by atoms with Gasteiger partial charge in [0.25, 0.3) is 0 Å². The molecule has 0 saturated heterocycles. The third-order valence-corrected chi connectivity index (χ3v) is 5.27. The Kier molecular flexibility index (Phi) is 6.06. The molecule has 3 nitrogen and oxygen atoms in total. The quantitative estimate of drug-likeness (QED) is 0.359. The van der Waals surface area contributed by atoms with Crippen LogP contribution in [0.4, 0.5) is 0 Å². The van der Waals surface area contributed by atoms with Crippen molar-refractivity contribution in [2.24, 2.45) is 0 Å². The van der Waals surface area contributed by atoms with Gasteiger partial charge in [-0.1, -0.05) is 78.9 Å². The van der Waals surface area contributed by atoms with Crippen LogP contribution in [0.15, 0.2) is 96.6 Å². The van der Waals surface area contributed by atoms with Crippen LogP contribution in [-0.2, 0) is 6.42 Å². The van der Waals surface area contributed by atoms with Crippen LogP contribution in [0, 0.1) is 5.41 Å². The smallest absolute Gasteiger partial charge is 0.126 e. The van der Waals surface area contributed by atoms with Crippen molar-refractivity contribution in [3.8, 4) is 0 Å². The summed E-state index contributed by atoms with van der Waals surface area (Å²) >= 11 is 0.